The summed E-state index contributed by atoms with van der Waals surface area (Å²) in [7, 11) is 0. The minimum Gasteiger partial charge on any atom is -0.352 e. The van der Waals surface area contributed by atoms with Crippen LogP contribution >= 0.6 is 12.4 Å². The summed E-state index contributed by atoms with van der Waals surface area (Å²) in [5.41, 5.74) is 2.65. The smallest absolute Gasteiger partial charge is 0.259 e. The molecule has 2 aromatic heterocycles. The van der Waals surface area contributed by atoms with Crippen molar-refractivity contribution in [3.8, 4) is 11.3 Å². The highest BCUT2D eigenvalue weighted by molar-refractivity contribution is 6.06. The van der Waals surface area contributed by atoms with Gasteiger partial charge in [-0.2, -0.15) is 0 Å². The summed E-state index contributed by atoms with van der Waals surface area (Å²) in [5, 5.41) is 10.9. The summed E-state index contributed by atoms with van der Waals surface area (Å²) in [6.07, 6.45) is 2.09. The van der Waals surface area contributed by atoms with E-state index >= 15 is 0 Å². The van der Waals surface area contributed by atoms with Gasteiger partial charge in [0.25, 0.3) is 11.6 Å². The number of nitrogens with zero attached hydrogens (tertiary/aromatic N) is 2. The van der Waals surface area contributed by atoms with Crippen LogP contribution in [-0.4, -0.2) is 35.7 Å². The Hall–Kier alpha value is -2.51. The van der Waals surface area contributed by atoms with Gasteiger partial charge in [0.2, 0.25) is 0 Å². The summed E-state index contributed by atoms with van der Waals surface area (Å²) >= 11 is 0. The second kappa shape index (κ2) is 8.67. The van der Waals surface area contributed by atoms with E-state index in [4.69, 9.17) is 4.52 Å². The molecule has 2 N–H and O–H groups in total. The zero-order valence-corrected chi connectivity index (χ0v) is 16.3. The molecule has 3 heterocycles. The number of nitrogens with one attached hydrogen (secondary N) is 2. The molecule has 1 aliphatic heterocycles. The van der Waals surface area contributed by atoms with E-state index in [0.29, 0.717) is 46.1 Å². The number of fused-ring (bicyclic) bond motifs is 1. The summed E-state index contributed by atoms with van der Waals surface area (Å²) in [6, 6.07) is 7.69. The highest BCUT2D eigenvalue weighted by atomic mass is 35.5. The summed E-state index contributed by atoms with van der Waals surface area (Å²) in [5.74, 6) is 0.104. The van der Waals surface area contributed by atoms with E-state index in [1.54, 1.807) is 25.1 Å². The third kappa shape index (κ3) is 4.15. The first-order chi connectivity index (χ1) is 13.1. The molecule has 148 valence electrons. The minimum atomic E-state index is -0.324. The molecule has 0 spiro atoms. The SMILES string of the molecule is Cc1noc2nc(-c3ccc(F)cc3)cc(C(=O)NCCC3CCNC3)c12.Cl. The van der Waals surface area contributed by atoms with Gasteiger partial charge >= 0.3 is 0 Å². The van der Waals surface area contributed by atoms with Gasteiger partial charge in [-0.05, 0) is 69.1 Å². The average Bonchev–Trinajstić information content (AvgIpc) is 3.32. The third-order valence-electron chi connectivity index (χ3n) is 5.00. The lowest BCUT2D eigenvalue weighted by Gasteiger charge is -2.11. The molecule has 0 saturated carbocycles. The van der Waals surface area contributed by atoms with E-state index in [9.17, 15) is 9.18 Å². The van der Waals surface area contributed by atoms with Crippen molar-refractivity contribution in [3.05, 3.63) is 47.4 Å². The van der Waals surface area contributed by atoms with Crippen molar-refractivity contribution in [2.75, 3.05) is 19.6 Å². The Morgan fingerprint density at radius 1 is 1.36 bits per heavy atom. The second-order valence-electron chi connectivity index (χ2n) is 6.91. The molecule has 6 nitrogen and oxygen atoms in total. The van der Waals surface area contributed by atoms with Crippen LogP contribution in [0.2, 0.25) is 0 Å². The normalized spacial score (nSPS) is 16.1. The molecule has 1 fully saturated rings. The standard InChI is InChI=1S/C20H21FN4O2.ClH/c1-12-18-16(19(26)23-9-7-13-6-8-22-11-13)10-17(24-20(18)27-25-12)14-2-4-15(21)5-3-14;/h2-5,10,13,22H,6-9,11H2,1H3,(H,23,26);1H. The molecule has 0 radical (unpaired) electrons. The average molecular weight is 405 g/mol. The molecule has 1 aliphatic rings. The van der Waals surface area contributed by atoms with Crippen LogP contribution in [0.3, 0.4) is 0 Å². The number of benzene rings is 1. The molecule has 28 heavy (non-hydrogen) atoms. The predicted molar refractivity (Wildman–Crippen MR) is 107 cm³/mol. The van der Waals surface area contributed by atoms with Gasteiger partial charge in [0.05, 0.1) is 22.3 Å². The fourth-order valence-corrected chi connectivity index (χ4v) is 3.49. The first-order valence-corrected chi connectivity index (χ1v) is 9.13. The number of carbonyl (C=O) groups is 1. The zero-order chi connectivity index (χ0) is 18.8. The quantitative estimate of drug-likeness (QED) is 0.680. The van der Waals surface area contributed by atoms with E-state index in [1.165, 1.54) is 12.1 Å². The molecular weight excluding hydrogens is 383 g/mol. The highest BCUT2D eigenvalue weighted by Crippen LogP contribution is 2.27. The van der Waals surface area contributed by atoms with Crippen LogP contribution in [0.4, 0.5) is 4.39 Å². The lowest BCUT2D eigenvalue weighted by molar-refractivity contribution is 0.0953. The molecular formula is C20H22ClFN4O2. The molecule has 1 saturated heterocycles. The maximum absolute atomic E-state index is 13.2. The van der Waals surface area contributed by atoms with Crippen molar-refractivity contribution in [1.82, 2.24) is 20.8 Å². The lowest BCUT2D eigenvalue weighted by Crippen LogP contribution is -2.26. The number of hydrogen-bond donors (Lipinski definition) is 2. The molecule has 0 bridgehead atoms. The van der Waals surface area contributed by atoms with Crippen LogP contribution in [0.25, 0.3) is 22.4 Å². The lowest BCUT2D eigenvalue weighted by atomic mass is 10.0. The Labute approximate surface area is 168 Å². The molecule has 4 rings (SSSR count). The maximum Gasteiger partial charge on any atom is 0.259 e. The predicted octanol–water partition coefficient (Wildman–Crippen LogP) is 3.49. The Bertz CT molecular complexity index is 968. The van der Waals surface area contributed by atoms with Crippen LogP contribution in [0.15, 0.2) is 34.9 Å². The van der Waals surface area contributed by atoms with E-state index in [1.807, 2.05) is 0 Å². The Kier molecular flexibility index (Phi) is 6.26. The molecule has 1 aromatic carbocycles. The number of pyridine rings is 1. The first kappa shape index (κ1) is 20.2. The van der Waals surface area contributed by atoms with Gasteiger partial charge in [0.15, 0.2) is 0 Å². The van der Waals surface area contributed by atoms with Gasteiger partial charge in [-0.1, -0.05) is 5.16 Å². The molecule has 8 heteroatoms. The van der Waals surface area contributed by atoms with Crippen LogP contribution < -0.4 is 10.6 Å². The van der Waals surface area contributed by atoms with Crippen molar-refractivity contribution < 1.29 is 13.7 Å². The highest BCUT2D eigenvalue weighted by Gasteiger charge is 2.20. The van der Waals surface area contributed by atoms with Gasteiger partial charge in [0.1, 0.15) is 5.82 Å². The van der Waals surface area contributed by atoms with Crippen molar-refractivity contribution in [3.63, 3.8) is 0 Å². The van der Waals surface area contributed by atoms with E-state index in [-0.39, 0.29) is 24.1 Å². The summed E-state index contributed by atoms with van der Waals surface area (Å²) in [4.78, 5) is 17.3. The molecule has 1 atom stereocenters. The topological polar surface area (TPSA) is 80.0 Å². The second-order valence-corrected chi connectivity index (χ2v) is 6.91. The summed E-state index contributed by atoms with van der Waals surface area (Å²) < 4.78 is 18.5. The van der Waals surface area contributed by atoms with E-state index in [0.717, 1.165) is 25.9 Å². The monoisotopic (exact) mass is 404 g/mol. The Morgan fingerprint density at radius 3 is 2.86 bits per heavy atom. The van der Waals surface area contributed by atoms with E-state index < -0.39 is 0 Å². The number of amides is 1. The number of aryl methyl sites for hydroxylation is 1. The van der Waals surface area contributed by atoms with Crippen molar-refractivity contribution >= 4 is 29.4 Å². The maximum atomic E-state index is 13.2. The number of aromatic nitrogens is 2. The van der Waals surface area contributed by atoms with Gasteiger partial charge in [0, 0.05) is 12.1 Å². The molecule has 1 amide bonds. The first-order valence-electron chi connectivity index (χ1n) is 9.13. The molecule has 3 aromatic rings. The minimum absolute atomic E-state index is 0. The zero-order valence-electron chi connectivity index (χ0n) is 15.5. The third-order valence-corrected chi connectivity index (χ3v) is 5.00. The molecule has 1 unspecified atom stereocenters. The fraction of sp³-hybridized carbons (Fsp3) is 0.350. The number of hydrogen-bond acceptors (Lipinski definition) is 5. The van der Waals surface area contributed by atoms with Crippen LogP contribution in [0.1, 0.15) is 28.9 Å². The molecule has 0 aliphatic carbocycles. The number of halogens is 2. The van der Waals surface area contributed by atoms with Gasteiger partial charge in [-0.25, -0.2) is 9.37 Å². The van der Waals surface area contributed by atoms with Crippen LogP contribution in [0, 0.1) is 18.7 Å². The summed E-state index contributed by atoms with van der Waals surface area (Å²) in [6.45, 7) is 4.45. The fourth-order valence-electron chi connectivity index (χ4n) is 3.49. The van der Waals surface area contributed by atoms with Gasteiger partial charge in [-0.15, -0.1) is 12.4 Å². The number of carbonyl (C=O) groups excluding carboxylic acids is 1. The van der Waals surface area contributed by atoms with Gasteiger partial charge < -0.3 is 15.2 Å². The Balaban J connectivity index is 0.00000225. The largest absolute Gasteiger partial charge is 0.352 e. The van der Waals surface area contributed by atoms with Crippen LogP contribution in [0.5, 0.6) is 0 Å². The van der Waals surface area contributed by atoms with Crippen molar-refractivity contribution in [2.45, 2.75) is 19.8 Å². The van der Waals surface area contributed by atoms with Gasteiger partial charge in [-0.3, -0.25) is 4.79 Å². The number of rotatable bonds is 5. The van der Waals surface area contributed by atoms with Crippen molar-refractivity contribution in [2.24, 2.45) is 5.92 Å². The Morgan fingerprint density at radius 2 is 2.14 bits per heavy atom. The van der Waals surface area contributed by atoms with Crippen LogP contribution in [-0.2, 0) is 0 Å². The van der Waals surface area contributed by atoms with E-state index in [2.05, 4.69) is 20.8 Å². The van der Waals surface area contributed by atoms with Crippen molar-refractivity contribution in [1.29, 1.82) is 0 Å².